The van der Waals surface area contributed by atoms with E-state index in [0.29, 0.717) is 11.1 Å². The lowest BCUT2D eigenvalue weighted by atomic mass is 10.0. The van der Waals surface area contributed by atoms with Crippen molar-refractivity contribution in [3.8, 4) is 0 Å². The number of benzene rings is 2. The Morgan fingerprint density at radius 3 is 1.96 bits per heavy atom. The fraction of sp³-hybridized carbons (Fsp3) is 0.150. The minimum Gasteiger partial charge on any atom is -0.448 e. The van der Waals surface area contributed by atoms with E-state index in [-0.39, 0.29) is 12.9 Å². The van der Waals surface area contributed by atoms with Crippen LogP contribution in [0, 0.1) is 0 Å². The lowest BCUT2D eigenvalue weighted by Gasteiger charge is -2.19. The zero-order chi connectivity index (χ0) is 19.6. The van der Waals surface area contributed by atoms with Crippen LogP contribution in [-0.4, -0.2) is 24.3 Å². The number of hydrogen-bond acceptors (Lipinski definition) is 4. The highest BCUT2D eigenvalue weighted by Crippen LogP contribution is 2.26. The third kappa shape index (κ3) is 6.07. The molecule has 0 heterocycles. The van der Waals surface area contributed by atoms with Crippen LogP contribution in [0.1, 0.15) is 24.2 Å². The Bertz CT molecular complexity index is 783. The summed E-state index contributed by atoms with van der Waals surface area (Å²) in [5, 5.41) is 4.34. The van der Waals surface area contributed by atoms with Gasteiger partial charge in [-0.3, -0.25) is 9.59 Å². The molecule has 2 N–H and O–H groups in total. The lowest BCUT2D eigenvalue weighted by Crippen LogP contribution is -2.37. The van der Waals surface area contributed by atoms with E-state index in [0.717, 1.165) is 0 Å². The largest absolute Gasteiger partial charge is 0.448 e. The summed E-state index contributed by atoms with van der Waals surface area (Å²) in [5.41, 5.74) is 0.738. The van der Waals surface area contributed by atoms with Crippen LogP contribution >= 0.6 is 0 Å². The van der Waals surface area contributed by atoms with E-state index in [2.05, 4.69) is 10.6 Å². The summed E-state index contributed by atoms with van der Waals surface area (Å²) in [6, 6.07) is 17.9. The molecule has 0 aromatic heterocycles. The van der Waals surface area contributed by atoms with Gasteiger partial charge in [0.15, 0.2) is 11.8 Å². The van der Waals surface area contributed by atoms with Crippen molar-refractivity contribution in [1.29, 1.82) is 0 Å². The van der Waals surface area contributed by atoms with Gasteiger partial charge in [0.1, 0.15) is 6.33 Å². The molecule has 6 nitrogen and oxygen atoms in total. The van der Waals surface area contributed by atoms with E-state index in [1.165, 1.54) is 6.92 Å². The summed E-state index contributed by atoms with van der Waals surface area (Å²) >= 11 is 0. The van der Waals surface area contributed by atoms with Gasteiger partial charge in [-0.15, -0.1) is 0 Å². The molecule has 0 fully saturated rings. The summed E-state index contributed by atoms with van der Waals surface area (Å²) < 4.78 is 18.6. The Hall–Kier alpha value is -3.48. The van der Waals surface area contributed by atoms with E-state index < -0.39 is 29.6 Å². The summed E-state index contributed by atoms with van der Waals surface area (Å²) in [5.74, 6) is -2.21. The van der Waals surface area contributed by atoms with Gasteiger partial charge in [0.2, 0.25) is 11.8 Å². The van der Waals surface area contributed by atoms with Gasteiger partial charge >= 0.3 is 5.97 Å². The molecule has 2 aromatic rings. The topological polar surface area (TPSA) is 84.5 Å². The number of rotatable bonds is 7. The Kier molecular flexibility index (Phi) is 7.25. The smallest absolute Gasteiger partial charge is 0.358 e. The van der Waals surface area contributed by atoms with Crippen molar-refractivity contribution in [2.75, 3.05) is 6.54 Å². The van der Waals surface area contributed by atoms with Gasteiger partial charge in [-0.25, -0.2) is 9.18 Å². The van der Waals surface area contributed by atoms with Gasteiger partial charge in [0, 0.05) is 6.92 Å². The number of halogens is 1. The maximum Gasteiger partial charge on any atom is 0.358 e. The molecule has 2 rings (SSSR count). The molecular formula is C20H19FN2O4. The van der Waals surface area contributed by atoms with E-state index in [9.17, 15) is 18.8 Å². The summed E-state index contributed by atoms with van der Waals surface area (Å²) in [6.45, 7) is 0.846. The van der Waals surface area contributed by atoms with Crippen molar-refractivity contribution in [2.24, 2.45) is 0 Å². The molecule has 0 spiro atoms. The molecule has 0 radical (unpaired) electrons. The zero-order valence-electron chi connectivity index (χ0n) is 14.6. The van der Waals surface area contributed by atoms with Crippen LogP contribution in [0.25, 0.3) is 0 Å². The molecule has 0 unspecified atom stereocenters. The SMILES string of the molecule is CC(=O)NCC(=O)N/C(=C/F)C(=O)OC(c1ccccc1)c1ccccc1. The van der Waals surface area contributed by atoms with E-state index in [1.54, 1.807) is 48.5 Å². The van der Waals surface area contributed by atoms with Crippen LogP contribution in [-0.2, 0) is 19.1 Å². The quantitative estimate of drug-likeness (QED) is 0.579. The number of nitrogens with one attached hydrogen (secondary N) is 2. The van der Waals surface area contributed by atoms with Gasteiger partial charge in [0.05, 0.1) is 6.54 Å². The first kappa shape index (κ1) is 19.8. The van der Waals surface area contributed by atoms with E-state index in [1.807, 2.05) is 12.1 Å². The van der Waals surface area contributed by atoms with Crippen molar-refractivity contribution in [1.82, 2.24) is 10.6 Å². The van der Waals surface area contributed by atoms with Gasteiger partial charge < -0.3 is 15.4 Å². The van der Waals surface area contributed by atoms with Gasteiger partial charge in [-0.05, 0) is 11.1 Å². The fourth-order valence-corrected chi connectivity index (χ4v) is 2.28. The maximum absolute atomic E-state index is 13.2. The van der Waals surface area contributed by atoms with Crippen LogP contribution in [0.2, 0.25) is 0 Å². The van der Waals surface area contributed by atoms with Crippen molar-refractivity contribution in [3.05, 3.63) is 83.8 Å². The first-order chi connectivity index (χ1) is 13.0. The van der Waals surface area contributed by atoms with E-state index >= 15 is 0 Å². The van der Waals surface area contributed by atoms with Crippen LogP contribution in [0.4, 0.5) is 4.39 Å². The lowest BCUT2D eigenvalue weighted by molar-refractivity contribution is -0.144. The number of hydrogen-bond donors (Lipinski definition) is 2. The highest BCUT2D eigenvalue weighted by atomic mass is 19.1. The predicted molar refractivity (Wildman–Crippen MR) is 96.8 cm³/mol. The van der Waals surface area contributed by atoms with Gasteiger partial charge in [-0.2, -0.15) is 0 Å². The van der Waals surface area contributed by atoms with Crippen LogP contribution in [0.15, 0.2) is 72.7 Å². The van der Waals surface area contributed by atoms with Gasteiger partial charge in [-0.1, -0.05) is 60.7 Å². The number of carbonyl (C=O) groups excluding carboxylic acids is 3. The number of ether oxygens (including phenoxy) is 1. The summed E-state index contributed by atoms with van der Waals surface area (Å²) in [7, 11) is 0. The molecule has 140 valence electrons. The first-order valence-electron chi connectivity index (χ1n) is 8.16. The average molecular weight is 370 g/mol. The minimum atomic E-state index is -1.04. The fourth-order valence-electron chi connectivity index (χ4n) is 2.28. The molecule has 0 aliphatic carbocycles. The Labute approximate surface area is 156 Å². The molecule has 0 bridgehead atoms. The molecule has 7 heteroatoms. The summed E-state index contributed by atoms with van der Waals surface area (Å²) in [4.78, 5) is 34.9. The third-order valence-electron chi connectivity index (χ3n) is 3.53. The number of amides is 2. The molecule has 2 aromatic carbocycles. The Morgan fingerprint density at radius 1 is 1.00 bits per heavy atom. The second kappa shape index (κ2) is 9.86. The molecule has 2 amide bonds. The van der Waals surface area contributed by atoms with Crippen molar-refractivity contribution >= 4 is 17.8 Å². The third-order valence-corrected chi connectivity index (χ3v) is 3.53. The van der Waals surface area contributed by atoms with Crippen molar-refractivity contribution < 1.29 is 23.5 Å². The molecule has 0 saturated heterocycles. The predicted octanol–water partition coefficient (Wildman–Crippen LogP) is 2.38. The zero-order valence-corrected chi connectivity index (χ0v) is 14.6. The van der Waals surface area contributed by atoms with Crippen LogP contribution < -0.4 is 10.6 Å². The molecule has 0 atom stereocenters. The number of carbonyl (C=O) groups is 3. The van der Waals surface area contributed by atoms with E-state index in [4.69, 9.17) is 4.74 Å². The van der Waals surface area contributed by atoms with Crippen molar-refractivity contribution in [3.63, 3.8) is 0 Å². The second-order valence-electron chi connectivity index (χ2n) is 5.59. The monoisotopic (exact) mass is 370 g/mol. The second-order valence-corrected chi connectivity index (χ2v) is 5.59. The highest BCUT2D eigenvalue weighted by Gasteiger charge is 2.22. The van der Waals surface area contributed by atoms with Gasteiger partial charge in [0.25, 0.3) is 0 Å². The van der Waals surface area contributed by atoms with Crippen LogP contribution in [0.3, 0.4) is 0 Å². The standard InChI is InChI=1S/C20H19FN2O4/c1-14(24)22-13-18(25)23-17(12-21)20(26)27-19(15-8-4-2-5-9-15)16-10-6-3-7-11-16/h2-12,19H,13H2,1H3,(H,22,24)(H,23,25)/b17-12+. The average Bonchev–Trinajstić information content (AvgIpc) is 2.69. The first-order valence-corrected chi connectivity index (χ1v) is 8.16. The Morgan fingerprint density at radius 2 is 1.52 bits per heavy atom. The maximum atomic E-state index is 13.2. The highest BCUT2D eigenvalue weighted by molar-refractivity contribution is 5.95. The normalized spacial score (nSPS) is 11.0. The number of esters is 1. The molecule has 0 aliphatic heterocycles. The summed E-state index contributed by atoms with van der Waals surface area (Å²) in [6.07, 6.45) is -0.816. The molecule has 0 aliphatic rings. The van der Waals surface area contributed by atoms with Crippen molar-refractivity contribution in [2.45, 2.75) is 13.0 Å². The minimum absolute atomic E-state index is 0.0406. The molecule has 0 saturated carbocycles. The Balaban J connectivity index is 2.15. The van der Waals surface area contributed by atoms with Crippen LogP contribution in [0.5, 0.6) is 0 Å². The molecular weight excluding hydrogens is 351 g/mol. The molecule has 27 heavy (non-hydrogen) atoms.